The Morgan fingerprint density at radius 3 is 2.88 bits per heavy atom. The first-order valence-corrected chi connectivity index (χ1v) is 8.65. The van der Waals surface area contributed by atoms with Gasteiger partial charge in [-0.25, -0.2) is 4.39 Å². The minimum Gasteiger partial charge on any atom is -0.385 e. The SMILES string of the molecule is O=C(Nc1cccc(F)c1)c1cc(NCCC2=CCCCC2)ccn1. The van der Waals surface area contributed by atoms with Crippen LogP contribution in [0.5, 0.6) is 0 Å². The Bertz CT molecular complexity index is 773. The first-order chi connectivity index (χ1) is 12.2. The van der Waals surface area contributed by atoms with Gasteiger partial charge in [0.1, 0.15) is 11.5 Å². The highest BCUT2D eigenvalue weighted by molar-refractivity contribution is 6.03. The van der Waals surface area contributed by atoms with E-state index in [1.807, 2.05) is 6.07 Å². The molecule has 0 saturated carbocycles. The third kappa shape index (κ3) is 5.14. The quantitative estimate of drug-likeness (QED) is 0.745. The molecular formula is C20H22FN3O. The number of allylic oxidation sites excluding steroid dienone is 1. The van der Waals surface area contributed by atoms with Crippen LogP contribution in [-0.4, -0.2) is 17.4 Å². The molecule has 4 nitrogen and oxygen atoms in total. The number of hydrogen-bond donors (Lipinski definition) is 2. The van der Waals surface area contributed by atoms with Gasteiger partial charge in [-0.3, -0.25) is 9.78 Å². The Morgan fingerprint density at radius 2 is 2.08 bits per heavy atom. The van der Waals surface area contributed by atoms with Crippen molar-refractivity contribution in [3.8, 4) is 0 Å². The second kappa shape index (κ2) is 8.42. The van der Waals surface area contributed by atoms with E-state index in [1.54, 1.807) is 24.4 Å². The van der Waals surface area contributed by atoms with Crippen molar-refractivity contribution in [1.29, 1.82) is 0 Å². The number of benzene rings is 1. The number of amides is 1. The lowest BCUT2D eigenvalue weighted by Gasteiger charge is -2.13. The fourth-order valence-electron chi connectivity index (χ4n) is 2.93. The molecule has 2 N–H and O–H groups in total. The summed E-state index contributed by atoms with van der Waals surface area (Å²) in [5.74, 6) is -0.748. The summed E-state index contributed by atoms with van der Waals surface area (Å²) in [6.45, 7) is 0.834. The van der Waals surface area contributed by atoms with Crippen LogP contribution >= 0.6 is 0 Å². The average molecular weight is 339 g/mol. The van der Waals surface area contributed by atoms with Crippen LogP contribution in [0, 0.1) is 5.82 Å². The monoisotopic (exact) mass is 339 g/mol. The zero-order valence-corrected chi connectivity index (χ0v) is 14.1. The van der Waals surface area contributed by atoms with E-state index >= 15 is 0 Å². The van der Waals surface area contributed by atoms with Crippen LogP contribution in [0.2, 0.25) is 0 Å². The van der Waals surface area contributed by atoms with Gasteiger partial charge in [0.2, 0.25) is 0 Å². The number of rotatable bonds is 6. The molecule has 1 aliphatic carbocycles. The van der Waals surface area contributed by atoms with E-state index in [2.05, 4.69) is 21.7 Å². The molecule has 1 heterocycles. The maximum atomic E-state index is 13.2. The lowest BCUT2D eigenvalue weighted by molar-refractivity contribution is 0.102. The fourth-order valence-corrected chi connectivity index (χ4v) is 2.93. The highest BCUT2D eigenvalue weighted by atomic mass is 19.1. The largest absolute Gasteiger partial charge is 0.385 e. The van der Waals surface area contributed by atoms with Crippen molar-refractivity contribution in [1.82, 2.24) is 4.98 Å². The molecule has 0 atom stereocenters. The number of carbonyl (C=O) groups is 1. The predicted octanol–water partition coefficient (Wildman–Crippen LogP) is 4.78. The minimum atomic E-state index is -0.391. The van der Waals surface area contributed by atoms with Crippen molar-refractivity contribution in [2.45, 2.75) is 32.1 Å². The van der Waals surface area contributed by atoms with E-state index in [9.17, 15) is 9.18 Å². The summed E-state index contributed by atoms with van der Waals surface area (Å²) < 4.78 is 13.2. The first kappa shape index (κ1) is 17.1. The van der Waals surface area contributed by atoms with Gasteiger partial charge in [0.05, 0.1) is 0 Å². The molecular weight excluding hydrogens is 317 g/mol. The standard InChI is InChI=1S/C20H22FN3O/c21-16-7-4-8-18(13-16)24-20(25)19-14-17(10-12-23-19)22-11-9-15-5-2-1-3-6-15/h4-5,7-8,10,12-14H,1-3,6,9,11H2,(H,22,23)(H,24,25). The van der Waals surface area contributed by atoms with Crippen molar-refractivity contribution in [3.63, 3.8) is 0 Å². The number of halogens is 1. The van der Waals surface area contributed by atoms with E-state index in [-0.39, 0.29) is 5.91 Å². The molecule has 1 amide bonds. The van der Waals surface area contributed by atoms with E-state index < -0.39 is 5.82 Å². The van der Waals surface area contributed by atoms with Gasteiger partial charge in [-0.2, -0.15) is 0 Å². The number of pyridine rings is 1. The van der Waals surface area contributed by atoms with Crippen molar-refractivity contribution >= 4 is 17.3 Å². The molecule has 1 aliphatic rings. The molecule has 25 heavy (non-hydrogen) atoms. The summed E-state index contributed by atoms with van der Waals surface area (Å²) in [5.41, 5.74) is 3.08. The van der Waals surface area contributed by atoms with E-state index in [1.165, 1.54) is 43.4 Å². The zero-order chi connectivity index (χ0) is 17.5. The van der Waals surface area contributed by atoms with Gasteiger partial charge in [0.15, 0.2) is 0 Å². The lowest BCUT2D eigenvalue weighted by Crippen LogP contribution is -2.14. The van der Waals surface area contributed by atoms with Gasteiger partial charge >= 0.3 is 0 Å². The van der Waals surface area contributed by atoms with Gasteiger partial charge in [-0.15, -0.1) is 0 Å². The van der Waals surface area contributed by atoms with Gasteiger partial charge in [-0.1, -0.05) is 17.7 Å². The van der Waals surface area contributed by atoms with E-state index in [0.29, 0.717) is 11.4 Å². The number of carbonyl (C=O) groups excluding carboxylic acids is 1. The van der Waals surface area contributed by atoms with Crippen LogP contribution in [0.3, 0.4) is 0 Å². The molecule has 1 aromatic heterocycles. The third-order valence-electron chi connectivity index (χ3n) is 4.24. The van der Waals surface area contributed by atoms with Crippen molar-refractivity contribution in [2.75, 3.05) is 17.2 Å². The number of anilines is 2. The van der Waals surface area contributed by atoms with Crippen molar-refractivity contribution in [3.05, 3.63) is 65.8 Å². The molecule has 0 fully saturated rings. The van der Waals surface area contributed by atoms with Gasteiger partial charge < -0.3 is 10.6 Å². The molecule has 0 radical (unpaired) electrons. The zero-order valence-electron chi connectivity index (χ0n) is 14.1. The Balaban J connectivity index is 1.56. The summed E-state index contributed by atoms with van der Waals surface area (Å²) in [6, 6.07) is 9.35. The lowest BCUT2D eigenvalue weighted by atomic mass is 9.97. The number of nitrogens with one attached hydrogen (secondary N) is 2. The van der Waals surface area contributed by atoms with Crippen molar-refractivity contribution in [2.24, 2.45) is 0 Å². The minimum absolute atomic E-state index is 0.297. The summed E-state index contributed by atoms with van der Waals surface area (Å²) in [5, 5.41) is 6.00. The van der Waals surface area contributed by atoms with Crippen LogP contribution in [0.4, 0.5) is 15.8 Å². The average Bonchev–Trinajstić information content (AvgIpc) is 2.63. The smallest absolute Gasteiger partial charge is 0.274 e. The van der Waals surface area contributed by atoms with Crippen LogP contribution in [0.15, 0.2) is 54.2 Å². The number of nitrogens with zero attached hydrogens (tertiary/aromatic N) is 1. The van der Waals surface area contributed by atoms with Gasteiger partial charge in [-0.05, 0) is 62.4 Å². The molecule has 2 aromatic rings. The van der Waals surface area contributed by atoms with Gasteiger partial charge in [0, 0.05) is 24.1 Å². The molecule has 0 saturated heterocycles. The molecule has 0 aliphatic heterocycles. The molecule has 0 bridgehead atoms. The fraction of sp³-hybridized carbons (Fsp3) is 0.300. The summed E-state index contributed by atoms with van der Waals surface area (Å²) in [4.78, 5) is 16.4. The van der Waals surface area contributed by atoms with Crippen LogP contribution in [-0.2, 0) is 0 Å². The molecule has 1 aromatic carbocycles. The number of aromatic nitrogens is 1. The topological polar surface area (TPSA) is 54.0 Å². The highest BCUT2D eigenvalue weighted by Crippen LogP contribution is 2.20. The molecule has 0 spiro atoms. The second-order valence-electron chi connectivity index (χ2n) is 6.18. The maximum Gasteiger partial charge on any atom is 0.274 e. The Labute approximate surface area is 147 Å². The second-order valence-corrected chi connectivity index (χ2v) is 6.18. The molecule has 3 rings (SSSR count). The first-order valence-electron chi connectivity index (χ1n) is 8.65. The normalized spacial score (nSPS) is 13.9. The Morgan fingerprint density at radius 1 is 1.16 bits per heavy atom. The summed E-state index contributed by atoms with van der Waals surface area (Å²) >= 11 is 0. The third-order valence-corrected chi connectivity index (χ3v) is 4.24. The van der Waals surface area contributed by atoms with Gasteiger partial charge in [0.25, 0.3) is 5.91 Å². The highest BCUT2D eigenvalue weighted by Gasteiger charge is 2.09. The van der Waals surface area contributed by atoms with Crippen molar-refractivity contribution < 1.29 is 9.18 Å². The predicted molar refractivity (Wildman–Crippen MR) is 98.2 cm³/mol. The number of hydrogen-bond acceptors (Lipinski definition) is 3. The Kier molecular flexibility index (Phi) is 5.77. The van der Waals surface area contributed by atoms with Crippen LogP contribution in [0.1, 0.15) is 42.6 Å². The maximum absolute atomic E-state index is 13.2. The summed E-state index contributed by atoms with van der Waals surface area (Å²) in [7, 11) is 0. The van der Waals surface area contributed by atoms with Crippen LogP contribution < -0.4 is 10.6 Å². The van der Waals surface area contributed by atoms with E-state index in [4.69, 9.17) is 0 Å². The van der Waals surface area contributed by atoms with E-state index in [0.717, 1.165) is 18.7 Å². The Hall–Kier alpha value is -2.69. The summed E-state index contributed by atoms with van der Waals surface area (Å²) in [6.07, 6.45) is 9.93. The molecule has 0 unspecified atom stereocenters. The molecule has 130 valence electrons. The van der Waals surface area contributed by atoms with Crippen LogP contribution in [0.25, 0.3) is 0 Å². The molecule has 5 heteroatoms.